The van der Waals surface area contributed by atoms with E-state index in [-0.39, 0.29) is 5.82 Å². The summed E-state index contributed by atoms with van der Waals surface area (Å²) in [7, 11) is 0. The minimum absolute atomic E-state index is 0.383. The predicted molar refractivity (Wildman–Crippen MR) is 69.0 cm³/mol. The Morgan fingerprint density at radius 2 is 1.84 bits per heavy atom. The molecule has 0 radical (unpaired) electrons. The highest BCUT2D eigenvalue weighted by atomic mass is 19.1. The van der Waals surface area contributed by atoms with Gasteiger partial charge in [-0.2, -0.15) is 4.68 Å². The van der Waals surface area contributed by atoms with Crippen molar-refractivity contribution in [3.8, 4) is 17.1 Å². The van der Waals surface area contributed by atoms with Crippen molar-refractivity contribution in [1.29, 1.82) is 0 Å². The maximum absolute atomic E-state index is 13.3. The number of tetrazole rings is 1. The molecule has 2 N–H and O–H groups in total. The van der Waals surface area contributed by atoms with Gasteiger partial charge in [-0.1, -0.05) is 18.2 Å². The Hall–Kier alpha value is -2.76. The summed E-state index contributed by atoms with van der Waals surface area (Å²) in [4.78, 5) is 0. The summed E-state index contributed by atoms with van der Waals surface area (Å²) in [6.45, 7) is 0. The number of nitrogen functional groups attached to an aromatic ring is 1. The van der Waals surface area contributed by atoms with Gasteiger partial charge in [0, 0.05) is 11.3 Å². The van der Waals surface area contributed by atoms with Crippen LogP contribution in [0.2, 0.25) is 0 Å². The third-order valence-corrected chi connectivity index (χ3v) is 2.73. The Morgan fingerprint density at radius 3 is 2.63 bits per heavy atom. The van der Waals surface area contributed by atoms with Crippen molar-refractivity contribution in [3.63, 3.8) is 0 Å². The molecule has 94 valence electrons. The summed E-state index contributed by atoms with van der Waals surface area (Å²) in [6.07, 6.45) is 0. The van der Waals surface area contributed by atoms with Gasteiger partial charge in [0.15, 0.2) is 5.82 Å². The van der Waals surface area contributed by atoms with Crippen molar-refractivity contribution < 1.29 is 4.39 Å². The van der Waals surface area contributed by atoms with Gasteiger partial charge >= 0.3 is 0 Å². The number of aromatic nitrogens is 4. The standard InChI is InChI=1S/C13H10FN5/c14-9-6-7-12(15)11(8-9)13-16-17-18-19(13)10-4-2-1-3-5-10/h1-8H,15H2. The first-order valence-corrected chi connectivity index (χ1v) is 5.65. The second-order valence-electron chi connectivity index (χ2n) is 3.98. The maximum Gasteiger partial charge on any atom is 0.189 e. The molecular formula is C13H10FN5. The highest BCUT2D eigenvalue weighted by Crippen LogP contribution is 2.25. The van der Waals surface area contributed by atoms with Gasteiger partial charge in [-0.3, -0.25) is 0 Å². The molecule has 0 atom stereocenters. The van der Waals surface area contributed by atoms with Crippen LogP contribution in [0.1, 0.15) is 0 Å². The molecule has 1 aromatic heterocycles. The average Bonchev–Trinajstić information content (AvgIpc) is 2.91. The summed E-state index contributed by atoms with van der Waals surface area (Å²) in [5, 5.41) is 11.5. The topological polar surface area (TPSA) is 69.6 Å². The molecule has 0 spiro atoms. The smallest absolute Gasteiger partial charge is 0.189 e. The van der Waals surface area contributed by atoms with Gasteiger partial charge in [0.25, 0.3) is 0 Å². The number of benzene rings is 2. The Bertz CT molecular complexity index is 708. The van der Waals surface area contributed by atoms with Crippen LogP contribution in [0.4, 0.5) is 10.1 Å². The fourth-order valence-electron chi connectivity index (χ4n) is 1.82. The van der Waals surface area contributed by atoms with Crippen molar-refractivity contribution in [2.24, 2.45) is 0 Å². The lowest BCUT2D eigenvalue weighted by Crippen LogP contribution is -2.01. The monoisotopic (exact) mass is 255 g/mol. The lowest BCUT2D eigenvalue weighted by molar-refractivity contribution is 0.628. The lowest BCUT2D eigenvalue weighted by Gasteiger charge is -2.06. The number of rotatable bonds is 2. The quantitative estimate of drug-likeness (QED) is 0.711. The van der Waals surface area contributed by atoms with Gasteiger partial charge in [-0.25, -0.2) is 4.39 Å². The molecule has 0 unspecified atom stereocenters. The summed E-state index contributed by atoms with van der Waals surface area (Å²) >= 11 is 0. The van der Waals surface area contributed by atoms with E-state index in [1.54, 1.807) is 0 Å². The molecule has 1 heterocycles. The number of hydrogen-bond donors (Lipinski definition) is 1. The van der Waals surface area contributed by atoms with E-state index >= 15 is 0 Å². The fraction of sp³-hybridized carbons (Fsp3) is 0. The molecule has 3 rings (SSSR count). The van der Waals surface area contributed by atoms with Crippen LogP contribution >= 0.6 is 0 Å². The zero-order chi connectivity index (χ0) is 13.2. The number of nitrogens with zero attached hydrogens (tertiary/aromatic N) is 4. The second kappa shape index (κ2) is 4.49. The Balaban J connectivity index is 2.18. The first kappa shape index (κ1) is 11.3. The molecule has 0 saturated heterocycles. The van der Waals surface area contributed by atoms with Crippen molar-refractivity contribution in [2.75, 3.05) is 5.73 Å². The van der Waals surface area contributed by atoms with Gasteiger partial charge in [0.05, 0.1) is 5.69 Å². The highest BCUT2D eigenvalue weighted by molar-refractivity contribution is 5.72. The minimum Gasteiger partial charge on any atom is -0.398 e. The van der Waals surface area contributed by atoms with Crippen LogP contribution in [0.15, 0.2) is 48.5 Å². The summed E-state index contributed by atoms with van der Waals surface area (Å²) in [5.74, 6) is 0.0232. The van der Waals surface area contributed by atoms with Gasteiger partial charge in [-0.05, 0) is 40.8 Å². The molecule has 0 bridgehead atoms. The molecule has 0 saturated carbocycles. The molecule has 0 fully saturated rings. The van der Waals surface area contributed by atoms with Crippen LogP contribution in [-0.4, -0.2) is 20.2 Å². The first-order valence-electron chi connectivity index (χ1n) is 5.65. The molecule has 6 heteroatoms. The Labute approximate surface area is 108 Å². The third-order valence-electron chi connectivity index (χ3n) is 2.73. The number of para-hydroxylation sites is 1. The third kappa shape index (κ3) is 2.03. The molecule has 3 aromatic rings. The summed E-state index contributed by atoms with van der Waals surface area (Å²) in [6, 6.07) is 13.5. The highest BCUT2D eigenvalue weighted by Gasteiger charge is 2.13. The molecular weight excluding hydrogens is 245 g/mol. The second-order valence-corrected chi connectivity index (χ2v) is 3.98. The van der Waals surface area contributed by atoms with E-state index in [9.17, 15) is 4.39 Å². The van der Waals surface area contributed by atoms with Crippen molar-refractivity contribution in [2.45, 2.75) is 0 Å². The summed E-state index contributed by atoms with van der Waals surface area (Å²) in [5.41, 5.74) is 7.53. The molecule has 0 aliphatic heterocycles. The van der Waals surface area contributed by atoms with E-state index in [0.717, 1.165) is 5.69 Å². The van der Waals surface area contributed by atoms with Crippen molar-refractivity contribution >= 4 is 5.69 Å². The van der Waals surface area contributed by atoms with E-state index in [2.05, 4.69) is 15.5 Å². The SMILES string of the molecule is Nc1ccc(F)cc1-c1nnnn1-c1ccccc1. The Morgan fingerprint density at radius 1 is 1.05 bits per heavy atom. The zero-order valence-corrected chi connectivity index (χ0v) is 9.86. The first-order chi connectivity index (χ1) is 9.25. The number of anilines is 1. The molecule has 0 aliphatic carbocycles. The van der Waals surface area contributed by atoms with Gasteiger partial charge in [0.1, 0.15) is 5.82 Å². The van der Waals surface area contributed by atoms with Gasteiger partial charge in [-0.15, -0.1) is 5.10 Å². The number of halogens is 1. The van der Waals surface area contributed by atoms with E-state index < -0.39 is 0 Å². The normalized spacial score (nSPS) is 10.6. The number of nitrogens with two attached hydrogens (primary N) is 1. The van der Waals surface area contributed by atoms with Crippen LogP contribution in [0.3, 0.4) is 0 Å². The minimum atomic E-state index is -0.383. The van der Waals surface area contributed by atoms with Gasteiger partial charge < -0.3 is 5.73 Å². The molecule has 19 heavy (non-hydrogen) atoms. The Kier molecular flexibility index (Phi) is 2.68. The van der Waals surface area contributed by atoms with E-state index in [4.69, 9.17) is 5.73 Å². The zero-order valence-electron chi connectivity index (χ0n) is 9.86. The van der Waals surface area contributed by atoms with Crippen LogP contribution in [0.25, 0.3) is 17.1 Å². The van der Waals surface area contributed by atoms with Gasteiger partial charge in [0.2, 0.25) is 0 Å². The van der Waals surface area contributed by atoms with E-state index in [1.807, 2.05) is 30.3 Å². The fourth-order valence-corrected chi connectivity index (χ4v) is 1.82. The van der Waals surface area contributed by atoms with Crippen molar-refractivity contribution in [3.05, 3.63) is 54.3 Å². The lowest BCUT2D eigenvalue weighted by atomic mass is 10.1. The molecule has 0 amide bonds. The van der Waals surface area contributed by atoms with Crippen LogP contribution in [0, 0.1) is 5.82 Å². The largest absolute Gasteiger partial charge is 0.398 e. The molecule has 0 aliphatic rings. The van der Waals surface area contributed by atoms with E-state index in [1.165, 1.54) is 22.9 Å². The number of hydrogen-bond acceptors (Lipinski definition) is 4. The predicted octanol–water partition coefficient (Wildman–Crippen LogP) is 2.05. The van der Waals surface area contributed by atoms with Crippen LogP contribution < -0.4 is 5.73 Å². The van der Waals surface area contributed by atoms with Crippen LogP contribution in [-0.2, 0) is 0 Å². The van der Waals surface area contributed by atoms with Crippen LogP contribution in [0.5, 0.6) is 0 Å². The molecule has 5 nitrogen and oxygen atoms in total. The van der Waals surface area contributed by atoms with E-state index in [0.29, 0.717) is 17.1 Å². The van der Waals surface area contributed by atoms with Crippen molar-refractivity contribution in [1.82, 2.24) is 20.2 Å². The maximum atomic E-state index is 13.3. The summed E-state index contributed by atoms with van der Waals surface area (Å²) < 4.78 is 14.9. The molecule has 2 aromatic carbocycles. The average molecular weight is 255 g/mol.